The first-order valence-corrected chi connectivity index (χ1v) is 11.3. The minimum Gasteiger partial charge on any atom is -0.491 e. The summed E-state index contributed by atoms with van der Waals surface area (Å²) >= 11 is 0. The van der Waals surface area contributed by atoms with Gasteiger partial charge < -0.3 is 19.5 Å². The van der Waals surface area contributed by atoms with Crippen molar-refractivity contribution < 1.29 is 27.8 Å². The smallest absolute Gasteiger partial charge is 0.491 e. The molecule has 0 aromatic heterocycles. The van der Waals surface area contributed by atoms with E-state index in [9.17, 15) is 18.3 Å². The molecule has 2 aromatic rings. The van der Waals surface area contributed by atoms with E-state index in [4.69, 9.17) is 4.74 Å². The van der Waals surface area contributed by atoms with Crippen molar-refractivity contribution >= 4 is 30.5 Å². The van der Waals surface area contributed by atoms with Gasteiger partial charge in [-0.3, -0.25) is 4.90 Å². The Morgan fingerprint density at radius 2 is 1.63 bits per heavy atom. The van der Waals surface area contributed by atoms with Crippen LogP contribution < -0.4 is 14.4 Å². The van der Waals surface area contributed by atoms with Crippen LogP contribution in [0.4, 0.5) is 18.9 Å². The van der Waals surface area contributed by atoms with E-state index in [-0.39, 0.29) is 36.7 Å². The Bertz CT molecular complexity index is 890. The van der Waals surface area contributed by atoms with Crippen LogP contribution in [0.25, 0.3) is 0 Å². The van der Waals surface area contributed by atoms with Gasteiger partial charge in [-0.25, -0.2) is 0 Å². The minimum absolute atomic E-state index is 0. The zero-order valence-electron chi connectivity index (χ0n) is 20.3. The maximum absolute atomic E-state index is 12.7. The van der Waals surface area contributed by atoms with Gasteiger partial charge in [0.2, 0.25) is 0 Å². The van der Waals surface area contributed by atoms with E-state index < -0.39 is 12.0 Å². The summed E-state index contributed by atoms with van der Waals surface area (Å²) in [6.07, 6.45) is -2.82. The number of hydrogen-bond acceptors (Lipinski definition) is 5. The SMILES string of the molecule is CC(C)Oc1ccc(N(C)CCC2(O)CCN(Cc3ccccc3OC(F)(F)F)CC2)cc1.Cl.Cl. The van der Waals surface area contributed by atoms with Gasteiger partial charge in [-0.1, -0.05) is 18.2 Å². The van der Waals surface area contributed by atoms with E-state index in [1.165, 1.54) is 12.1 Å². The van der Waals surface area contributed by atoms with E-state index in [0.717, 1.165) is 11.4 Å². The Morgan fingerprint density at radius 1 is 1.03 bits per heavy atom. The number of halogens is 5. The number of para-hydroxylation sites is 1. The van der Waals surface area contributed by atoms with Gasteiger partial charge in [-0.2, -0.15) is 0 Å². The van der Waals surface area contributed by atoms with Gasteiger partial charge >= 0.3 is 6.36 Å². The van der Waals surface area contributed by atoms with Gasteiger partial charge in [0.25, 0.3) is 0 Å². The van der Waals surface area contributed by atoms with Gasteiger partial charge in [0.1, 0.15) is 11.5 Å². The van der Waals surface area contributed by atoms with E-state index in [0.29, 0.717) is 51.0 Å². The van der Waals surface area contributed by atoms with Crippen molar-refractivity contribution in [2.24, 2.45) is 0 Å². The number of alkyl halides is 3. The predicted molar refractivity (Wildman–Crippen MR) is 137 cm³/mol. The van der Waals surface area contributed by atoms with Crippen LogP contribution in [0.3, 0.4) is 0 Å². The Morgan fingerprint density at radius 3 is 2.20 bits per heavy atom. The number of ether oxygens (including phenoxy) is 2. The Labute approximate surface area is 218 Å². The fourth-order valence-corrected chi connectivity index (χ4v) is 4.03. The first-order valence-electron chi connectivity index (χ1n) is 11.3. The third-order valence-electron chi connectivity index (χ3n) is 5.94. The molecule has 0 bridgehead atoms. The summed E-state index contributed by atoms with van der Waals surface area (Å²) < 4.78 is 47.8. The summed E-state index contributed by atoms with van der Waals surface area (Å²) in [6, 6.07) is 14.1. The number of benzene rings is 2. The molecule has 1 fully saturated rings. The van der Waals surface area contributed by atoms with Crippen molar-refractivity contribution in [2.45, 2.75) is 57.7 Å². The molecule has 1 N–H and O–H groups in total. The molecule has 0 saturated carbocycles. The molecule has 10 heteroatoms. The third-order valence-corrected chi connectivity index (χ3v) is 5.94. The van der Waals surface area contributed by atoms with Gasteiger partial charge in [-0.05, 0) is 63.4 Å². The molecular weight excluding hydrogens is 504 g/mol. The zero-order chi connectivity index (χ0) is 24.1. The predicted octanol–water partition coefficient (Wildman–Crippen LogP) is 6.07. The van der Waals surface area contributed by atoms with Crippen LogP contribution >= 0.6 is 24.8 Å². The van der Waals surface area contributed by atoms with Crippen molar-refractivity contribution in [2.75, 3.05) is 31.6 Å². The lowest BCUT2D eigenvalue weighted by Crippen LogP contribution is -2.45. The number of nitrogens with zero attached hydrogens (tertiary/aromatic N) is 2. The van der Waals surface area contributed by atoms with Crippen LogP contribution in [-0.4, -0.2) is 54.8 Å². The molecule has 0 amide bonds. The molecule has 0 radical (unpaired) electrons. The highest BCUT2D eigenvalue weighted by atomic mass is 35.5. The first kappa shape index (κ1) is 31.2. The van der Waals surface area contributed by atoms with Gasteiger partial charge in [0.05, 0.1) is 11.7 Å². The number of rotatable bonds is 9. The molecule has 3 rings (SSSR count). The highest BCUT2D eigenvalue weighted by Crippen LogP contribution is 2.31. The normalized spacial score (nSPS) is 15.7. The first-order chi connectivity index (χ1) is 15.5. The summed E-state index contributed by atoms with van der Waals surface area (Å²) in [6.45, 7) is 6.25. The van der Waals surface area contributed by atoms with Crippen LogP contribution in [0.2, 0.25) is 0 Å². The largest absolute Gasteiger partial charge is 0.573 e. The molecule has 1 aliphatic rings. The fraction of sp³-hybridized carbons (Fsp3) is 0.520. The second kappa shape index (κ2) is 13.4. The van der Waals surface area contributed by atoms with Crippen LogP contribution in [-0.2, 0) is 6.54 Å². The second-order valence-electron chi connectivity index (χ2n) is 8.99. The van der Waals surface area contributed by atoms with Gasteiger partial charge in [0.15, 0.2) is 0 Å². The Hall–Kier alpha value is -1.87. The lowest BCUT2D eigenvalue weighted by molar-refractivity contribution is -0.275. The quantitative estimate of drug-likeness (QED) is 0.419. The van der Waals surface area contributed by atoms with E-state index >= 15 is 0 Å². The molecule has 1 saturated heterocycles. The molecule has 1 aliphatic heterocycles. The lowest BCUT2D eigenvalue weighted by Gasteiger charge is -2.39. The molecule has 0 unspecified atom stereocenters. The van der Waals surface area contributed by atoms with Crippen LogP contribution in [0, 0.1) is 0 Å². The van der Waals surface area contributed by atoms with Gasteiger partial charge in [-0.15, -0.1) is 38.0 Å². The van der Waals surface area contributed by atoms with Crippen molar-refractivity contribution in [3.05, 3.63) is 54.1 Å². The molecule has 0 aliphatic carbocycles. The molecule has 198 valence electrons. The topological polar surface area (TPSA) is 45.2 Å². The van der Waals surface area contributed by atoms with Crippen LogP contribution in [0.15, 0.2) is 48.5 Å². The number of hydrogen-bond donors (Lipinski definition) is 1. The van der Waals surface area contributed by atoms with Crippen LogP contribution in [0.5, 0.6) is 11.5 Å². The summed E-state index contributed by atoms with van der Waals surface area (Å²) in [4.78, 5) is 4.17. The van der Waals surface area contributed by atoms with Crippen LogP contribution in [0.1, 0.15) is 38.7 Å². The molecular formula is C25H35Cl2F3N2O3. The maximum Gasteiger partial charge on any atom is 0.573 e. The van der Waals surface area contributed by atoms with Crippen molar-refractivity contribution in [3.8, 4) is 11.5 Å². The standard InChI is InChI=1S/C25H33F3N2O3.2ClH/c1-19(2)32-22-10-8-21(9-11-22)29(3)15-12-24(31)13-16-30(17-14-24)18-20-6-4-5-7-23(20)33-25(26,27)28;;/h4-11,19,31H,12-18H2,1-3H3;2*1H. The summed E-state index contributed by atoms with van der Waals surface area (Å²) in [7, 11) is 1.99. The molecule has 2 aromatic carbocycles. The average Bonchev–Trinajstić information content (AvgIpc) is 2.74. The summed E-state index contributed by atoms with van der Waals surface area (Å²) in [5, 5.41) is 11.1. The minimum atomic E-state index is -4.72. The Kier molecular flexibility index (Phi) is 12.0. The highest BCUT2D eigenvalue weighted by Gasteiger charge is 2.34. The molecule has 35 heavy (non-hydrogen) atoms. The maximum atomic E-state index is 12.7. The third kappa shape index (κ3) is 9.95. The van der Waals surface area contributed by atoms with Crippen molar-refractivity contribution in [1.82, 2.24) is 4.90 Å². The number of anilines is 1. The molecule has 5 nitrogen and oxygen atoms in total. The number of likely N-dealkylation sites (tertiary alicyclic amines) is 1. The molecule has 0 spiro atoms. The number of piperidine rings is 1. The van der Waals surface area contributed by atoms with Crippen molar-refractivity contribution in [3.63, 3.8) is 0 Å². The van der Waals surface area contributed by atoms with Crippen molar-refractivity contribution in [1.29, 1.82) is 0 Å². The van der Waals surface area contributed by atoms with E-state index in [1.54, 1.807) is 12.1 Å². The summed E-state index contributed by atoms with van der Waals surface area (Å²) in [5.74, 6) is 0.660. The summed E-state index contributed by atoms with van der Waals surface area (Å²) in [5.41, 5.74) is 0.756. The van der Waals surface area contributed by atoms with E-state index in [2.05, 4.69) is 14.5 Å². The Balaban J connectivity index is 0.00000306. The lowest BCUT2D eigenvalue weighted by atomic mass is 9.88. The molecule has 1 heterocycles. The highest BCUT2D eigenvalue weighted by molar-refractivity contribution is 5.85. The van der Waals surface area contributed by atoms with E-state index in [1.807, 2.05) is 45.2 Å². The second-order valence-corrected chi connectivity index (χ2v) is 8.99. The van der Waals surface area contributed by atoms with Gasteiger partial charge in [0, 0.05) is 44.5 Å². The monoisotopic (exact) mass is 538 g/mol. The fourth-order valence-electron chi connectivity index (χ4n) is 4.03. The number of aliphatic hydroxyl groups is 1. The average molecular weight is 539 g/mol. The molecule has 0 atom stereocenters. The zero-order valence-corrected chi connectivity index (χ0v) is 21.9.